The van der Waals surface area contributed by atoms with Crippen molar-refractivity contribution in [3.8, 4) is 0 Å². The molecule has 6 heteroatoms. The van der Waals surface area contributed by atoms with Gasteiger partial charge in [-0.05, 0) is 38.8 Å². The van der Waals surface area contributed by atoms with E-state index >= 15 is 0 Å². The highest BCUT2D eigenvalue weighted by Crippen LogP contribution is 2.42. The lowest BCUT2D eigenvalue weighted by molar-refractivity contribution is -0.148. The lowest BCUT2D eigenvalue weighted by Gasteiger charge is -2.30. The van der Waals surface area contributed by atoms with E-state index in [1.54, 1.807) is 6.20 Å². The maximum Gasteiger partial charge on any atom is 0.327 e. The number of hydrogen-bond acceptors (Lipinski definition) is 6. The van der Waals surface area contributed by atoms with Gasteiger partial charge in [0.1, 0.15) is 5.54 Å². The number of ether oxygens (including phenoxy) is 1. The average Bonchev–Trinajstić information content (AvgIpc) is 3.24. The van der Waals surface area contributed by atoms with Crippen LogP contribution in [0.5, 0.6) is 0 Å². The van der Waals surface area contributed by atoms with Gasteiger partial charge in [-0.3, -0.25) is 4.79 Å². The minimum absolute atomic E-state index is 0.197. The number of rotatable bonds is 6. The highest BCUT2D eigenvalue weighted by Gasteiger charge is 2.51. The van der Waals surface area contributed by atoms with Gasteiger partial charge in [0.05, 0.1) is 7.11 Å². The molecule has 2 rings (SSSR count). The second-order valence-corrected chi connectivity index (χ2v) is 5.70. The molecule has 1 fully saturated rings. The molecule has 19 heavy (non-hydrogen) atoms. The molecule has 0 aliphatic heterocycles. The topological polar surface area (TPSA) is 64.1 Å². The zero-order valence-electron chi connectivity index (χ0n) is 11.5. The van der Waals surface area contributed by atoms with Crippen LogP contribution in [0.4, 0.5) is 0 Å². The van der Waals surface area contributed by atoms with E-state index < -0.39 is 5.54 Å². The molecule has 1 aromatic rings. The Bertz CT molecular complexity index is 465. The third kappa shape index (κ3) is 3.06. The Kier molecular flexibility index (Phi) is 4.42. The number of esters is 1. The SMILES string of the molecule is CNC(CSc1nccc(C)n1)(C(=O)OC)C1CC1. The van der Waals surface area contributed by atoms with Gasteiger partial charge in [0, 0.05) is 17.6 Å². The maximum absolute atomic E-state index is 12.1. The molecule has 0 amide bonds. The minimum atomic E-state index is -0.619. The van der Waals surface area contributed by atoms with Crippen LogP contribution in [0.15, 0.2) is 17.4 Å². The summed E-state index contributed by atoms with van der Waals surface area (Å²) in [6.45, 7) is 1.93. The summed E-state index contributed by atoms with van der Waals surface area (Å²) >= 11 is 1.49. The van der Waals surface area contributed by atoms with E-state index in [9.17, 15) is 4.79 Å². The fraction of sp³-hybridized carbons (Fsp3) is 0.615. The van der Waals surface area contributed by atoms with Crippen LogP contribution in [-0.4, -0.2) is 41.4 Å². The highest BCUT2D eigenvalue weighted by molar-refractivity contribution is 7.99. The molecule has 1 heterocycles. The first kappa shape index (κ1) is 14.3. The molecule has 1 saturated carbocycles. The number of carbonyl (C=O) groups excluding carboxylic acids is 1. The zero-order chi connectivity index (χ0) is 13.9. The van der Waals surface area contributed by atoms with Gasteiger partial charge in [-0.15, -0.1) is 0 Å². The molecule has 1 aliphatic rings. The molecular formula is C13H19N3O2S. The molecule has 0 saturated heterocycles. The van der Waals surface area contributed by atoms with E-state index in [1.807, 2.05) is 20.0 Å². The van der Waals surface area contributed by atoms with E-state index in [2.05, 4.69) is 15.3 Å². The zero-order valence-corrected chi connectivity index (χ0v) is 12.3. The Hall–Kier alpha value is -1.14. The van der Waals surface area contributed by atoms with Gasteiger partial charge in [-0.1, -0.05) is 11.8 Å². The molecule has 104 valence electrons. The van der Waals surface area contributed by atoms with Crippen molar-refractivity contribution in [3.05, 3.63) is 18.0 Å². The van der Waals surface area contributed by atoms with Gasteiger partial charge in [-0.25, -0.2) is 9.97 Å². The number of aryl methyl sites for hydroxylation is 1. The molecular weight excluding hydrogens is 262 g/mol. The Morgan fingerprint density at radius 2 is 2.37 bits per heavy atom. The first-order chi connectivity index (χ1) is 9.12. The normalized spacial score (nSPS) is 17.8. The molecule has 0 bridgehead atoms. The Balaban J connectivity index is 2.10. The average molecular weight is 281 g/mol. The number of methoxy groups -OCH3 is 1. The molecule has 1 atom stereocenters. The van der Waals surface area contributed by atoms with Crippen molar-refractivity contribution >= 4 is 17.7 Å². The third-order valence-electron chi connectivity index (χ3n) is 3.47. The molecule has 0 spiro atoms. The first-order valence-electron chi connectivity index (χ1n) is 6.32. The Morgan fingerprint density at radius 1 is 1.63 bits per heavy atom. The van der Waals surface area contributed by atoms with Crippen molar-refractivity contribution in [1.29, 1.82) is 0 Å². The van der Waals surface area contributed by atoms with Crippen molar-refractivity contribution in [2.75, 3.05) is 19.9 Å². The second kappa shape index (κ2) is 5.88. The van der Waals surface area contributed by atoms with Gasteiger partial charge < -0.3 is 10.1 Å². The van der Waals surface area contributed by atoms with E-state index in [-0.39, 0.29) is 5.97 Å². The van der Waals surface area contributed by atoms with E-state index in [1.165, 1.54) is 18.9 Å². The summed E-state index contributed by atoms with van der Waals surface area (Å²) in [6, 6.07) is 1.86. The fourth-order valence-corrected chi connectivity index (χ4v) is 3.35. The van der Waals surface area contributed by atoms with Crippen LogP contribution < -0.4 is 5.32 Å². The number of carbonyl (C=O) groups is 1. The van der Waals surface area contributed by atoms with E-state index in [4.69, 9.17) is 4.74 Å². The standard InChI is InChI=1S/C13H19N3O2S/c1-9-6-7-15-12(16-9)19-8-13(14-2,10-4-5-10)11(17)18-3/h6-7,10,14H,4-5,8H2,1-3H3. The highest BCUT2D eigenvalue weighted by atomic mass is 32.2. The van der Waals surface area contributed by atoms with Crippen molar-refractivity contribution in [2.24, 2.45) is 5.92 Å². The van der Waals surface area contributed by atoms with Gasteiger partial charge in [-0.2, -0.15) is 0 Å². The summed E-state index contributed by atoms with van der Waals surface area (Å²) in [5.74, 6) is 0.740. The van der Waals surface area contributed by atoms with Crippen LogP contribution in [0.2, 0.25) is 0 Å². The monoisotopic (exact) mass is 281 g/mol. The van der Waals surface area contributed by atoms with Crippen LogP contribution in [0.3, 0.4) is 0 Å². The number of hydrogen-bond donors (Lipinski definition) is 1. The maximum atomic E-state index is 12.1. The molecule has 0 aromatic carbocycles. The lowest BCUT2D eigenvalue weighted by Crippen LogP contribution is -2.55. The predicted octanol–water partition coefficient (Wildman–Crippen LogP) is 1.42. The fourth-order valence-electron chi connectivity index (χ4n) is 2.15. The van der Waals surface area contributed by atoms with Crippen molar-refractivity contribution in [1.82, 2.24) is 15.3 Å². The molecule has 1 N–H and O–H groups in total. The minimum Gasteiger partial charge on any atom is -0.468 e. The van der Waals surface area contributed by atoms with Crippen LogP contribution >= 0.6 is 11.8 Å². The molecule has 1 aliphatic carbocycles. The summed E-state index contributed by atoms with van der Waals surface area (Å²) in [4.78, 5) is 20.7. The van der Waals surface area contributed by atoms with Crippen molar-refractivity contribution in [3.63, 3.8) is 0 Å². The number of nitrogens with zero attached hydrogens (tertiary/aromatic N) is 2. The van der Waals surface area contributed by atoms with Crippen molar-refractivity contribution in [2.45, 2.75) is 30.5 Å². The Morgan fingerprint density at radius 3 is 2.89 bits per heavy atom. The molecule has 1 aromatic heterocycles. The summed E-state index contributed by atoms with van der Waals surface area (Å²) in [7, 11) is 3.25. The Labute approximate surface area is 117 Å². The third-order valence-corrected chi connectivity index (χ3v) is 4.53. The smallest absolute Gasteiger partial charge is 0.327 e. The van der Waals surface area contributed by atoms with Crippen LogP contribution in [0, 0.1) is 12.8 Å². The van der Waals surface area contributed by atoms with E-state index in [0.29, 0.717) is 16.8 Å². The van der Waals surface area contributed by atoms with Crippen LogP contribution in [0.1, 0.15) is 18.5 Å². The first-order valence-corrected chi connectivity index (χ1v) is 7.30. The molecule has 1 unspecified atom stereocenters. The number of nitrogens with one attached hydrogen (secondary N) is 1. The van der Waals surface area contributed by atoms with Gasteiger partial charge in [0.25, 0.3) is 0 Å². The second-order valence-electron chi connectivity index (χ2n) is 4.76. The molecule has 0 radical (unpaired) electrons. The summed E-state index contributed by atoms with van der Waals surface area (Å²) in [5, 5.41) is 3.86. The number of aromatic nitrogens is 2. The van der Waals surface area contributed by atoms with E-state index in [0.717, 1.165) is 18.5 Å². The quantitative estimate of drug-likeness (QED) is 0.483. The van der Waals surface area contributed by atoms with Crippen LogP contribution in [-0.2, 0) is 9.53 Å². The van der Waals surface area contributed by atoms with Gasteiger partial charge in [0.2, 0.25) is 0 Å². The predicted molar refractivity (Wildman–Crippen MR) is 74.0 cm³/mol. The summed E-state index contributed by atoms with van der Waals surface area (Å²) < 4.78 is 4.96. The van der Waals surface area contributed by atoms with Gasteiger partial charge in [0.15, 0.2) is 5.16 Å². The number of likely N-dealkylation sites (N-methyl/N-ethyl adjacent to an activating group) is 1. The van der Waals surface area contributed by atoms with Gasteiger partial charge >= 0.3 is 5.97 Å². The summed E-state index contributed by atoms with van der Waals surface area (Å²) in [6.07, 6.45) is 3.86. The van der Waals surface area contributed by atoms with Crippen molar-refractivity contribution < 1.29 is 9.53 Å². The lowest BCUT2D eigenvalue weighted by atomic mass is 9.96. The van der Waals surface area contributed by atoms with Crippen LogP contribution in [0.25, 0.3) is 0 Å². The molecule has 5 nitrogen and oxygen atoms in total. The summed E-state index contributed by atoms with van der Waals surface area (Å²) in [5.41, 5.74) is 0.309. The largest absolute Gasteiger partial charge is 0.468 e. The number of thioether (sulfide) groups is 1.